The molecule has 1 heterocycles. The number of ether oxygens (including phenoxy) is 1. The van der Waals surface area contributed by atoms with Gasteiger partial charge in [0.15, 0.2) is 0 Å². The van der Waals surface area contributed by atoms with E-state index in [2.05, 4.69) is 10.6 Å². The quantitative estimate of drug-likeness (QED) is 0.645. The van der Waals surface area contributed by atoms with E-state index in [0.29, 0.717) is 19.6 Å². The van der Waals surface area contributed by atoms with Crippen molar-refractivity contribution < 1.29 is 13.9 Å². The molecule has 1 aromatic heterocycles. The fourth-order valence-corrected chi connectivity index (χ4v) is 2.62. The first kappa shape index (κ1) is 16.9. The molecular formula is C20H22N2O3. The molecule has 3 rings (SSSR count). The molecule has 0 fully saturated rings. The highest BCUT2D eigenvalue weighted by Crippen LogP contribution is 2.19. The largest absolute Gasteiger partial charge is 0.492 e. The lowest BCUT2D eigenvalue weighted by molar-refractivity contribution is 0.233. The van der Waals surface area contributed by atoms with E-state index in [1.807, 2.05) is 67.6 Å². The average molecular weight is 338 g/mol. The van der Waals surface area contributed by atoms with Crippen molar-refractivity contribution >= 4 is 17.0 Å². The number of carbonyl (C=O) groups is 1. The van der Waals surface area contributed by atoms with Crippen LogP contribution in [0.3, 0.4) is 0 Å². The monoisotopic (exact) mass is 338 g/mol. The van der Waals surface area contributed by atoms with Gasteiger partial charge in [0, 0.05) is 17.8 Å². The molecule has 2 aromatic carbocycles. The van der Waals surface area contributed by atoms with Crippen molar-refractivity contribution in [1.82, 2.24) is 10.6 Å². The number of para-hydroxylation sites is 2. The Bertz CT molecular complexity index is 781. The summed E-state index contributed by atoms with van der Waals surface area (Å²) in [5.41, 5.74) is 0.868. The standard InChI is InChI=1S/C20H22N2O3/c1-15(13-18-14-16-7-5-6-10-19(16)25-18)22-20(23)21-11-12-24-17-8-3-2-4-9-17/h2-10,14-15H,11-13H2,1H3,(H2,21,22,23). The summed E-state index contributed by atoms with van der Waals surface area (Å²) in [7, 11) is 0. The third-order valence-electron chi connectivity index (χ3n) is 3.76. The van der Waals surface area contributed by atoms with Crippen molar-refractivity contribution in [2.45, 2.75) is 19.4 Å². The number of urea groups is 1. The van der Waals surface area contributed by atoms with Crippen molar-refractivity contribution in [3.63, 3.8) is 0 Å². The minimum Gasteiger partial charge on any atom is -0.492 e. The molecule has 0 bridgehead atoms. The van der Waals surface area contributed by atoms with Gasteiger partial charge in [-0.15, -0.1) is 0 Å². The smallest absolute Gasteiger partial charge is 0.315 e. The molecule has 1 atom stereocenters. The number of fused-ring (bicyclic) bond motifs is 1. The van der Waals surface area contributed by atoms with Gasteiger partial charge in [0.25, 0.3) is 0 Å². The predicted octanol–water partition coefficient (Wildman–Crippen LogP) is 3.74. The molecule has 1 unspecified atom stereocenters. The average Bonchev–Trinajstić information content (AvgIpc) is 3.01. The van der Waals surface area contributed by atoms with E-state index in [0.717, 1.165) is 22.5 Å². The van der Waals surface area contributed by atoms with Crippen LogP contribution in [0.2, 0.25) is 0 Å². The molecule has 5 nitrogen and oxygen atoms in total. The number of amides is 2. The highest BCUT2D eigenvalue weighted by molar-refractivity contribution is 5.77. The Labute approximate surface area is 147 Å². The summed E-state index contributed by atoms with van der Waals surface area (Å²) in [6, 6.07) is 19.2. The van der Waals surface area contributed by atoms with Gasteiger partial charge in [-0.2, -0.15) is 0 Å². The summed E-state index contributed by atoms with van der Waals surface area (Å²) in [5.74, 6) is 1.66. The van der Waals surface area contributed by atoms with Crippen LogP contribution in [0.15, 0.2) is 65.1 Å². The van der Waals surface area contributed by atoms with E-state index in [-0.39, 0.29) is 12.1 Å². The van der Waals surface area contributed by atoms with E-state index < -0.39 is 0 Å². The van der Waals surface area contributed by atoms with Crippen molar-refractivity contribution in [2.24, 2.45) is 0 Å². The van der Waals surface area contributed by atoms with Gasteiger partial charge >= 0.3 is 6.03 Å². The molecule has 0 aliphatic rings. The zero-order valence-corrected chi connectivity index (χ0v) is 14.2. The van der Waals surface area contributed by atoms with Crippen LogP contribution in [0.25, 0.3) is 11.0 Å². The van der Waals surface area contributed by atoms with Crippen molar-refractivity contribution in [3.8, 4) is 5.75 Å². The molecule has 0 spiro atoms. The Morgan fingerprint density at radius 1 is 1.12 bits per heavy atom. The molecule has 0 aliphatic carbocycles. The molecule has 0 saturated carbocycles. The molecule has 0 aliphatic heterocycles. The van der Waals surface area contributed by atoms with E-state index in [9.17, 15) is 4.79 Å². The molecule has 3 aromatic rings. The Morgan fingerprint density at radius 2 is 1.88 bits per heavy atom. The summed E-state index contributed by atoms with van der Waals surface area (Å²) in [5, 5.41) is 6.77. The summed E-state index contributed by atoms with van der Waals surface area (Å²) in [6.45, 7) is 2.82. The number of benzene rings is 2. The maximum atomic E-state index is 11.9. The Morgan fingerprint density at radius 3 is 2.68 bits per heavy atom. The van der Waals surface area contributed by atoms with Gasteiger partial charge in [-0.1, -0.05) is 36.4 Å². The van der Waals surface area contributed by atoms with E-state index in [1.165, 1.54) is 0 Å². The van der Waals surface area contributed by atoms with E-state index in [1.54, 1.807) is 0 Å². The van der Waals surface area contributed by atoms with Crippen LogP contribution in [0.4, 0.5) is 4.79 Å². The van der Waals surface area contributed by atoms with Crippen LogP contribution in [0.5, 0.6) is 5.75 Å². The van der Waals surface area contributed by atoms with Gasteiger partial charge in [-0.05, 0) is 31.2 Å². The second-order valence-corrected chi connectivity index (χ2v) is 5.92. The van der Waals surface area contributed by atoms with Crippen LogP contribution in [0.1, 0.15) is 12.7 Å². The Hall–Kier alpha value is -2.95. The van der Waals surface area contributed by atoms with Gasteiger partial charge in [0.2, 0.25) is 0 Å². The van der Waals surface area contributed by atoms with Crippen LogP contribution in [0, 0.1) is 0 Å². The first-order chi connectivity index (χ1) is 12.2. The number of nitrogens with one attached hydrogen (secondary N) is 2. The topological polar surface area (TPSA) is 63.5 Å². The number of rotatable bonds is 7. The van der Waals surface area contributed by atoms with Gasteiger partial charge in [-0.3, -0.25) is 0 Å². The predicted molar refractivity (Wildman–Crippen MR) is 97.9 cm³/mol. The van der Waals surface area contributed by atoms with Crippen LogP contribution < -0.4 is 15.4 Å². The maximum Gasteiger partial charge on any atom is 0.315 e. The number of hydrogen-bond acceptors (Lipinski definition) is 3. The lowest BCUT2D eigenvalue weighted by atomic mass is 10.2. The third-order valence-corrected chi connectivity index (χ3v) is 3.76. The number of carbonyl (C=O) groups excluding carboxylic acids is 1. The Balaban J connectivity index is 1.38. The zero-order chi connectivity index (χ0) is 17.5. The highest BCUT2D eigenvalue weighted by atomic mass is 16.5. The molecule has 5 heteroatoms. The van der Waals surface area contributed by atoms with E-state index >= 15 is 0 Å². The minimum absolute atomic E-state index is 0.0318. The molecule has 0 radical (unpaired) electrons. The molecular weight excluding hydrogens is 316 g/mol. The molecule has 2 amide bonds. The van der Waals surface area contributed by atoms with Crippen LogP contribution in [-0.2, 0) is 6.42 Å². The fraction of sp³-hybridized carbons (Fsp3) is 0.250. The second-order valence-electron chi connectivity index (χ2n) is 5.92. The highest BCUT2D eigenvalue weighted by Gasteiger charge is 2.11. The lowest BCUT2D eigenvalue weighted by Crippen LogP contribution is -2.42. The molecule has 0 saturated heterocycles. The Kier molecular flexibility index (Phi) is 5.57. The molecule has 2 N–H and O–H groups in total. The summed E-state index contributed by atoms with van der Waals surface area (Å²) >= 11 is 0. The fourth-order valence-electron chi connectivity index (χ4n) is 2.62. The minimum atomic E-state index is -0.208. The first-order valence-electron chi connectivity index (χ1n) is 8.40. The normalized spacial score (nSPS) is 11.9. The van der Waals surface area contributed by atoms with Gasteiger partial charge in [-0.25, -0.2) is 4.79 Å². The zero-order valence-electron chi connectivity index (χ0n) is 14.2. The van der Waals surface area contributed by atoms with Crippen molar-refractivity contribution in [1.29, 1.82) is 0 Å². The number of hydrogen-bond donors (Lipinski definition) is 2. The number of furan rings is 1. The summed E-state index contributed by atoms with van der Waals surface area (Å²) in [4.78, 5) is 11.9. The van der Waals surface area contributed by atoms with Gasteiger partial charge < -0.3 is 19.8 Å². The van der Waals surface area contributed by atoms with Crippen molar-refractivity contribution in [2.75, 3.05) is 13.2 Å². The second kappa shape index (κ2) is 8.24. The molecule has 25 heavy (non-hydrogen) atoms. The van der Waals surface area contributed by atoms with Crippen molar-refractivity contribution in [3.05, 3.63) is 66.4 Å². The maximum absolute atomic E-state index is 11.9. The summed E-state index contributed by atoms with van der Waals surface area (Å²) in [6.07, 6.45) is 0.641. The van der Waals surface area contributed by atoms with Gasteiger partial charge in [0.1, 0.15) is 23.7 Å². The third kappa shape index (κ3) is 5.01. The van der Waals surface area contributed by atoms with Crippen LogP contribution in [-0.4, -0.2) is 25.2 Å². The van der Waals surface area contributed by atoms with E-state index in [4.69, 9.17) is 9.15 Å². The SMILES string of the molecule is CC(Cc1cc2ccccc2o1)NC(=O)NCCOc1ccccc1. The molecule has 130 valence electrons. The first-order valence-corrected chi connectivity index (χ1v) is 8.40. The lowest BCUT2D eigenvalue weighted by Gasteiger charge is -2.13. The van der Waals surface area contributed by atoms with Crippen LogP contribution >= 0.6 is 0 Å². The summed E-state index contributed by atoms with van der Waals surface area (Å²) < 4.78 is 11.3. The van der Waals surface area contributed by atoms with Gasteiger partial charge in [0.05, 0.1) is 6.54 Å².